The lowest BCUT2D eigenvalue weighted by Gasteiger charge is -2.40. The molecule has 2 aromatic rings. The molecule has 0 N–H and O–H groups in total. The predicted molar refractivity (Wildman–Crippen MR) is 103 cm³/mol. The first kappa shape index (κ1) is 20.3. The van der Waals surface area contributed by atoms with Gasteiger partial charge in [-0.1, -0.05) is 5.16 Å². The van der Waals surface area contributed by atoms with Crippen LogP contribution in [0.5, 0.6) is 0 Å². The Morgan fingerprint density at radius 1 is 1.19 bits per heavy atom. The second kappa shape index (κ2) is 7.50. The molecule has 2 aromatic heterocycles. The second-order valence-corrected chi connectivity index (χ2v) is 8.32. The van der Waals surface area contributed by atoms with Gasteiger partial charge in [-0.2, -0.15) is 23.1 Å². The molecule has 3 aliphatic rings. The van der Waals surface area contributed by atoms with Gasteiger partial charge in [0.1, 0.15) is 11.9 Å². The number of anilines is 2. The lowest BCUT2D eigenvalue weighted by molar-refractivity contribution is -0.153. The number of halogens is 3. The van der Waals surface area contributed by atoms with E-state index in [9.17, 15) is 18.0 Å². The molecular formula is C19H23F3N6O3. The molecule has 0 spiro atoms. The third-order valence-electron chi connectivity index (χ3n) is 6.00. The Morgan fingerprint density at radius 3 is 2.71 bits per heavy atom. The number of nitrogens with zero attached hydrogens (tertiary/aromatic N) is 6. The Hall–Kier alpha value is -2.63. The Bertz CT molecular complexity index is 1020. The molecule has 2 unspecified atom stereocenters. The molecule has 2 aliphatic heterocycles. The monoisotopic (exact) mass is 440 g/mol. The van der Waals surface area contributed by atoms with Crippen molar-refractivity contribution in [2.24, 2.45) is 0 Å². The van der Waals surface area contributed by atoms with Crippen molar-refractivity contribution in [3.63, 3.8) is 0 Å². The van der Waals surface area contributed by atoms with E-state index in [4.69, 9.17) is 9.26 Å². The van der Waals surface area contributed by atoms with Gasteiger partial charge in [-0.25, -0.2) is 0 Å². The second-order valence-electron chi connectivity index (χ2n) is 8.32. The molecule has 0 bridgehead atoms. The molecule has 1 aliphatic carbocycles. The largest absolute Gasteiger partial charge is 0.408 e. The van der Waals surface area contributed by atoms with E-state index in [1.54, 1.807) is 0 Å². The summed E-state index contributed by atoms with van der Waals surface area (Å²) in [6.45, 7) is 3.06. The molecule has 0 aromatic carbocycles. The van der Waals surface area contributed by atoms with E-state index < -0.39 is 12.2 Å². The van der Waals surface area contributed by atoms with Gasteiger partial charge < -0.3 is 19.1 Å². The highest BCUT2D eigenvalue weighted by molar-refractivity contribution is 5.47. The third-order valence-corrected chi connectivity index (χ3v) is 6.00. The van der Waals surface area contributed by atoms with E-state index in [0.29, 0.717) is 31.5 Å². The maximum Gasteiger partial charge on any atom is 0.408 e. The van der Waals surface area contributed by atoms with E-state index in [1.165, 1.54) is 10.6 Å². The topological polar surface area (TPSA) is 89.5 Å². The van der Waals surface area contributed by atoms with Crippen LogP contribution in [0.25, 0.3) is 0 Å². The van der Waals surface area contributed by atoms with Crippen LogP contribution in [0.2, 0.25) is 0 Å². The first-order valence-corrected chi connectivity index (χ1v) is 10.4. The number of rotatable bonds is 4. The summed E-state index contributed by atoms with van der Waals surface area (Å²) >= 11 is 0. The van der Waals surface area contributed by atoms with Crippen molar-refractivity contribution < 1.29 is 22.4 Å². The average molecular weight is 440 g/mol. The molecule has 2 atom stereocenters. The van der Waals surface area contributed by atoms with Crippen molar-refractivity contribution in [1.29, 1.82) is 0 Å². The third kappa shape index (κ3) is 3.88. The maximum absolute atomic E-state index is 13.9. The van der Waals surface area contributed by atoms with E-state index >= 15 is 0 Å². The summed E-state index contributed by atoms with van der Waals surface area (Å²) in [5.41, 5.74) is -0.379. The Kier molecular flexibility index (Phi) is 4.91. The summed E-state index contributed by atoms with van der Waals surface area (Å²) in [6.07, 6.45) is -2.86. The van der Waals surface area contributed by atoms with Crippen molar-refractivity contribution in [3.8, 4) is 0 Å². The molecule has 1 saturated carbocycles. The van der Waals surface area contributed by atoms with Gasteiger partial charge >= 0.3 is 6.18 Å². The van der Waals surface area contributed by atoms with Crippen molar-refractivity contribution in [2.75, 3.05) is 29.6 Å². The highest BCUT2D eigenvalue weighted by atomic mass is 19.4. The normalized spacial score (nSPS) is 24.4. The Balaban J connectivity index is 1.54. The van der Waals surface area contributed by atoms with Crippen LogP contribution < -0.4 is 15.4 Å². The highest BCUT2D eigenvalue weighted by Gasteiger charge is 2.47. The zero-order chi connectivity index (χ0) is 21.8. The van der Waals surface area contributed by atoms with Crippen LogP contribution in [0.1, 0.15) is 43.8 Å². The molecule has 31 heavy (non-hydrogen) atoms. The van der Waals surface area contributed by atoms with Gasteiger partial charge in [0, 0.05) is 25.1 Å². The first-order valence-electron chi connectivity index (χ1n) is 10.4. The minimum Gasteiger partial charge on any atom is -0.377 e. The van der Waals surface area contributed by atoms with Crippen molar-refractivity contribution >= 4 is 11.8 Å². The predicted octanol–water partition coefficient (Wildman–Crippen LogP) is 2.07. The summed E-state index contributed by atoms with van der Waals surface area (Å²) in [7, 11) is 0. The number of fused-ring (bicyclic) bond motifs is 1. The molecule has 2 fully saturated rings. The van der Waals surface area contributed by atoms with Gasteiger partial charge in [-0.05, 0) is 26.2 Å². The first-order chi connectivity index (χ1) is 14.8. The van der Waals surface area contributed by atoms with Gasteiger partial charge in [0.05, 0.1) is 25.8 Å². The van der Waals surface area contributed by atoms with Gasteiger partial charge in [0.2, 0.25) is 11.8 Å². The lowest BCUT2D eigenvalue weighted by Crippen LogP contribution is -2.52. The van der Waals surface area contributed by atoms with Crippen LogP contribution in [-0.4, -0.2) is 57.7 Å². The fourth-order valence-electron chi connectivity index (χ4n) is 4.17. The summed E-state index contributed by atoms with van der Waals surface area (Å²) < 4.78 is 53.6. The fourth-order valence-corrected chi connectivity index (χ4v) is 4.17. The average Bonchev–Trinajstić information content (AvgIpc) is 3.47. The van der Waals surface area contributed by atoms with Gasteiger partial charge in [-0.15, -0.1) is 0 Å². The van der Waals surface area contributed by atoms with Crippen LogP contribution in [0.15, 0.2) is 15.4 Å². The molecule has 1 saturated heterocycles. The summed E-state index contributed by atoms with van der Waals surface area (Å²) in [5.74, 6) is 1.14. The molecule has 168 valence electrons. The van der Waals surface area contributed by atoms with Crippen LogP contribution in [0.4, 0.5) is 24.9 Å². The minimum atomic E-state index is -4.49. The highest BCUT2D eigenvalue weighted by Crippen LogP contribution is 2.39. The molecule has 5 rings (SSSR count). The molecule has 0 radical (unpaired) electrons. The summed E-state index contributed by atoms with van der Waals surface area (Å²) in [6, 6.07) is -0.450. The Morgan fingerprint density at radius 2 is 2.00 bits per heavy atom. The molecule has 9 nitrogen and oxygen atoms in total. The number of hydrogen-bond acceptors (Lipinski definition) is 8. The van der Waals surface area contributed by atoms with Crippen LogP contribution >= 0.6 is 0 Å². The zero-order valence-corrected chi connectivity index (χ0v) is 17.0. The number of hydrogen-bond donors (Lipinski definition) is 0. The summed E-state index contributed by atoms with van der Waals surface area (Å²) in [5, 5.41) is 3.87. The molecule has 0 amide bonds. The zero-order valence-electron chi connectivity index (χ0n) is 17.0. The molecular weight excluding hydrogens is 417 g/mol. The smallest absolute Gasteiger partial charge is 0.377 e. The van der Waals surface area contributed by atoms with Gasteiger partial charge in [-0.3, -0.25) is 9.36 Å². The fraction of sp³-hybridized carbons (Fsp3) is 0.684. The van der Waals surface area contributed by atoms with E-state index in [1.807, 2.05) is 11.8 Å². The van der Waals surface area contributed by atoms with E-state index in [-0.39, 0.29) is 48.8 Å². The van der Waals surface area contributed by atoms with Gasteiger partial charge in [0.25, 0.3) is 5.56 Å². The lowest BCUT2D eigenvalue weighted by atomic mass is 10.1. The number of alkyl halides is 3. The molecule has 4 heterocycles. The molecule has 12 heteroatoms. The number of ether oxygens (including phenoxy) is 1. The number of aromatic nitrogens is 4. The SMILES string of the molecule is CC1COCCN1c1cc(=O)n2c(n1)N(Cc1noc(C3CC3)n1)C(C(F)(F)F)CC2. The van der Waals surface area contributed by atoms with Crippen LogP contribution in [0.3, 0.4) is 0 Å². The van der Waals surface area contributed by atoms with Crippen molar-refractivity contribution in [3.05, 3.63) is 28.1 Å². The quantitative estimate of drug-likeness (QED) is 0.714. The van der Waals surface area contributed by atoms with E-state index in [0.717, 1.165) is 17.7 Å². The van der Waals surface area contributed by atoms with Crippen LogP contribution in [0, 0.1) is 0 Å². The standard InChI is InChI=1S/C19H23F3N6O3/c1-11-10-30-7-6-26(11)15-8-16(29)27-5-4-13(19(20,21)22)28(18(27)24-15)9-14-23-17(31-25-14)12-2-3-12/h8,11-13H,2-7,9-10H2,1H3. The maximum atomic E-state index is 13.9. The number of morpholine rings is 1. The van der Waals surface area contributed by atoms with Crippen LogP contribution in [-0.2, 0) is 17.8 Å². The minimum absolute atomic E-state index is 0.0208. The van der Waals surface area contributed by atoms with Gasteiger partial charge in [0.15, 0.2) is 5.82 Å². The van der Waals surface area contributed by atoms with Crippen molar-refractivity contribution in [1.82, 2.24) is 19.7 Å². The van der Waals surface area contributed by atoms with E-state index in [2.05, 4.69) is 15.1 Å². The summed E-state index contributed by atoms with van der Waals surface area (Å²) in [4.78, 5) is 24.6. The van der Waals surface area contributed by atoms with Crippen molar-refractivity contribution in [2.45, 2.75) is 63.5 Å². The Labute approximate surface area is 175 Å².